The van der Waals surface area contributed by atoms with E-state index in [2.05, 4.69) is 54.1 Å². The van der Waals surface area contributed by atoms with Gasteiger partial charge in [-0.15, -0.1) is 0 Å². The van der Waals surface area contributed by atoms with E-state index in [-0.39, 0.29) is 0 Å². The zero-order chi connectivity index (χ0) is 12.3. The fraction of sp³-hybridized carbons (Fsp3) is 0.308. The number of hydrogen-bond donors (Lipinski definition) is 0. The summed E-state index contributed by atoms with van der Waals surface area (Å²) in [5, 5.41) is 0. The fourth-order valence-corrected chi connectivity index (χ4v) is 3.17. The van der Waals surface area contributed by atoms with E-state index >= 15 is 0 Å². The molecule has 0 spiro atoms. The zero-order valence-electron chi connectivity index (χ0n) is 10.3. The summed E-state index contributed by atoms with van der Waals surface area (Å²) in [4.78, 5) is 5.74. The first-order valence-corrected chi connectivity index (χ1v) is 8.14. The highest BCUT2D eigenvalue weighted by Gasteiger charge is 2.06. The predicted octanol–water partition coefficient (Wildman–Crippen LogP) is 4.25. The monoisotopic (exact) mass is 264 g/mol. The van der Waals surface area contributed by atoms with E-state index < -0.39 is 0 Å². The highest BCUT2D eigenvalue weighted by atomic mass is 33.1. The van der Waals surface area contributed by atoms with Crippen molar-refractivity contribution in [1.82, 2.24) is 9.55 Å². The number of aromatic nitrogens is 2. The van der Waals surface area contributed by atoms with E-state index in [1.54, 1.807) is 21.6 Å². The van der Waals surface area contributed by atoms with E-state index in [1.807, 2.05) is 6.33 Å². The highest BCUT2D eigenvalue weighted by molar-refractivity contribution is 8.76. The Morgan fingerprint density at radius 3 is 2.76 bits per heavy atom. The summed E-state index contributed by atoms with van der Waals surface area (Å²) < 4.78 is 2.10. The van der Waals surface area contributed by atoms with Gasteiger partial charge >= 0.3 is 0 Å². The Bertz CT molecular complexity index is 506. The third-order valence-corrected chi connectivity index (χ3v) is 4.34. The fourth-order valence-electron chi connectivity index (χ4n) is 1.74. The smallest absolute Gasteiger partial charge is 0.0953 e. The van der Waals surface area contributed by atoms with Crippen LogP contribution in [0, 0.1) is 6.92 Å². The number of aryl methyl sites for hydroxylation is 2. The van der Waals surface area contributed by atoms with Crippen LogP contribution in [-0.2, 0) is 6.54 Å². The quantitative estimate of drug-likeness (QED) is 0.769. The molecule has 0 bridgehead atoms. The van der Waals surface area contributed by atoms with Crippen molar-refractivity contribution >= 4 is 21.6 Å². The first-order valence-electron chi connectivity index (χ1n) is 5.58. The van der Waals surface area contributed by atoms with Crippen molar-refractivity contribution < 1.29 is 0 Å². The van der Waals surface area contributed by atoms with Crippen LogP contribution in [0.4, 0.5) is 0 Å². The first kappa shape index (κ1) is 12.6. The van der Waals surface area contributed by atoms with E-state index in [1.165, 1.54) is 16.0 Å². The third kappa shape index (κ3) is 2.87. The molecule has 2 nitrogen and oxygen atoms in total. The van der Waals surface area contributed by atoms with Gasteiger partial charge in [0.25, 0.3) is 0 Å². The van der Waals surface area contributed by atoms with Crippen molar-refractivity contribution in [2.24, 2.45) is 0 Å². The Morgan fingerprint density at radius 2 is 2.18 bits per heavy atom. The molecule has 90 valence electrons. The van der Waals surface area contributed by atoms with Gasteiger partial charge in [0.15, 0.2) is 0 Å². The van der Waals surface area contributed by atoms with Crippen LogP contribution < -0.4 is 0 Å². The number of rotatable bonds is 4. The van der Waals surface area contributed by atoms with Gasteiger partial charge in [-0.3, -0.25) is 0 Å². The Balaban J connectivity index is 2.32. The van der Waals surface area contributed by atoms with Crippen molar-refractivity contribution in [3.05, 3.63) is 36.3 Å². The van der Waals surface area contributed by atoms with Gasteiger partial charge in [-0.25, -0.2) is 4.98 Å². The van der Waals surface area contributed by atoms with Crippen molar-refractivity contribution in [3.63, 3.8) is 0 Å². The molecule has 0 atom stereocenters. The van der Waals surface area contributed by atoms with Gasteiger partial charge in [-0.2, -0.15) is 0 Å². The van der Waals surface area contributed by atoms with Crippen LogP contribution in [-0.4, -0.2) is 15.8 Å². The summed E-state index contributed by atoms with van der Waals surface area (Å²) in [6.45, 7) is 5.23. The zero-order valence-corrected chi connectivity index (χ0v) is 11.9. The van der Waals surface area contributed by atoms with Crippen LogP contribution in [0.25, 0.3) is 11.3 Å². The lowest BCUT2D eigenvalue weighted by Gasteiger charge is -2.05. The molecule has 0 aliphatic heterocycles. The van der Waals surface area contributed by atoms with E-state index in [9.17, 15) is 0 Å². The van der Waals surface area contributed by atoms with Crippen molar-refractivity contribution in [3.8, 4) is 11.3 Å². The lowest BCUT2D eigenvalue weighted by molar-refractivity contribution is 0.762. The molecular formula is C13H16N2S2. The molecule has 4 heteroatoms. The van der Waals surface area contributed by atoms with Crippen molar-refractivity contribution in [2.75, 3.05) is 6.26 Å². The molecule has 0 amide bonds. The van der Waals surface area contributed by atoms with Crippen molar-refractivity contribution in [1.29, 1.82) is 0 Å². The van der Waals surface area contributed by atoms with E-state index in [0.29, 0.717) is 0 Å². The molecule has 0 N–H and O–H groups in total. The molecule has 0 saturated carbocycles. The maximum atomic E-state index is 4.44. The van der Waals surface area contributed by atoms with Crippen LogP contribution in [0.5, 0.6) is 0 Å². The average Bonchev–Trinajstić information content (AvgIpc) is 2.78. The molecule has 0 radical (unpaired) electrons. The number of imidazole rings is 1. The molecule has 0 fully saturated rings. The topological polar surface area (TPSA) is 17.8 Å². The highest BCUT2D eigenvalue weighted by Crippen LogP contribution is 2.32. The van der Waals surface area contributed by atoms with Gasteiger partial charge in [0.2, 0.25) is 0 Å². The Labute approximate surface area is 110 Å². The molecule has 0 unspecified atom stereocenters. The van der Waals surface area contributed by atoms with Gasteiger partial charge in [0.05, 0.1) is 12.0 Å². The molecule has 2 aromatic rings. The summed E-state index contributed by atoms with van der Waals surface area (Å²) in [7, 11) is 3.56. The minimum atomic E-state index is 0.965. The number of nitrogens with zero attached hydrogens (tertiary/aromatic N) is 2. The van der Waals surface area contributed by atoms with Gasteiger partial charge in [-0.1, -0.05) is 27.7 Å². The van der Waals surface area contributed by atoms with Crippen LogP contribution in [0.2, 0.25) is 0 Å². The van der Waals surface area contributed by atoms with Gasteiger partial charge in [0.1, 0.15) is 0 Å². The molecule has 2 rings (SSSR count). The lowest BCUT2D eigenvalue weighted by Crippen LogP contribution is -1.87. The molecule has 0 saturated heterocycles. The molecule has 1 heterocycles. The second-order valence-corrected chi connectivity index (χ2v) is 6.29. The maximum Gasteiger partial charge on any atom is 0.0953 e. The summed E-state index contributed by atoms with van der Waals surface area (Å²) in [6.07, 6.45) is 6.08. The normalized spacial score (nSPS) is 10.8. The Hall–Kier alpha value is -0.870. The van der Waals surface area contributed by atoms with Crippen LogP contribution >= 0.6 is 21.6 Å². The minimum absolute atomic E-state index is 0.965. The number of hydrogen-bond acceptors (Lipinski definition) is 3. The Kier molecular flexibility index (Phi) is 4.18. The van der Waals surface area contributed by atoms with E-state index in [4.69, 9.17) is 0 Å². The number of benzene rings is 1. The summed E-state index contributed by atoms with van der Waals surface area (Å²) in [5.41, 5.74) is 3.57. The summed E-state index contributed by atoms with van der Waals surface area (Å²) >= 11 is 0. The molecule has 0 aliphatic rings. The largest absolute Gasteiger partial charge is 0.337 e. The van der Waals surface area contributed by atoms with Crippen molar-refractivity contribution in [2.45, 2.75) is 25.3 Å². The lowest BCUT2D eigenvalue weighted by atomic mass is 10.1. The maximum absolute atomic E-state index is 4.44. The SMILES string of the molecule is CCn1cnc(-c2ccc(SSC)cc2C)c1. The predicted molar refractivity (Wildman–Crippen MR) is 77.4 cm³/mol. The Morgan fingerprint density at radius 1 is 1.35 bits per heavy atom. The molecule has 17 heavy (non-hydrogen) atoms. The third-order valence-electron chi connectivity index (χ3n) is 2.65. The molecule has 0 aliphatic carbocycles. The van der Waals surface area contributed by atoms with Crippen LogP contribution in [0.3, 0.4) is 0 Å². The molecular weight excluding hydrogens is 248 g/mol. The second kappa shape index (κ2) is 5.65. The van der Waals surface area contributed by atoms with Gasteiger partial charge in [0, 0.05) is 23.2 Å². The van der Waals surface area contributed by atoms with Crippen LogP contribution in [0.15, 0.2) is 35.6 Å². The summed E-state index contributed by atoms with van der Waals surface area (Å²) in [6, 6.07) is 6.55. The van der Waals surface area contributed by atoms with Gasteiger partial charge in [-0.05, 0) is 37.8 Å². The first-order chi connectivity index (χ1) is 8.24. The van der Waals surface area contributed by atoms with Gasteiger partial charge < -0.3 is 4.57 Å². The van der Waals surface area contributed by atoms with E-state index in [0.717, 1.165) is 12.2 Å². The summed E-state index contributed by atoms with van der Waals surface area (Å²) in [5.74, 6) is 0. The molecule has 1 aromatic heterocycles. The van der Waals surface area contributed by atoms with Crippen LogP contribution in [0.1, 0.15) is 12.5 Å². The average molecular weight is 264 g/mol. The standard InChI is InChI=1S/C13H16N2S2/c1-4-15-8-13(14-9-15)12-6-5-11(17-16-3)7-10(12)2/h5-9H,4H2,1-3H3. The molecule has 1 aromatic carbocycles. The minimum Gasteiger partial charge on any atom is -0.337 e. The second-order valence-electron chi connectivity index (χ2n) is 3.82.